The summed E-state index contributed by atoms with van der Waals surface area (Å²) in [6, 6.07) is 0.535. The maximum Gasteiger partial charge on any atom is 0.328 e. The molecule has 1 atom stereocenters. The minimum Gasteiger partial charge on any atom is -0.480 e. The molecule has 0 aliphatic carbocycles. The smallest absolute Gasteiger partial charge is 0.328 e. The van der Waals surface area contributed by atoms with Crippen LogP contribution in [0.5, 0.6) is 0 Å². The van der Waals surface area contributed by atoms with Crippen molar-refractivity contribution in [3.05, 3.63) is 17.5 Å². The zero-order chi connectivity index (χ0) is 13.0. The lowest BCUT2D eigenvalue weighted by Gasteiger charge is -2.12. The first-order valence-corrected chi connectivity index (χ1v) is 5.08. The third kappa shape index (κ3) is 3.56. The number of nitrogens with one attached hydrogen (secondary N) is 1. The molecular weight excluding hydrogens is 226 g/mol. The van der Waals surface area contributed by atoms with Crippen molar-refractivity contribution in [1.82, 2.24) is 15.1 Å². The molecule has 0 radical (unpaired) electrons. The number of hydrogen-bond donors (Lipinski definition) is 3. The van der Waals surface area contributed by atoms with Gasteiger partial charge in [-0.25, -0.2) is 4.79 Å². The molecule has 0 saturated carbocycles. The molecular formula is C10H15N3O4. The van der Waals surface area contributed by atoms with Gasteiger partial charge >= 0.3 is 5.97 Å². The Hall–Kier alpha value is -1.89. The fourth-order valence-corrected chi connectivity index (χ4v) is 1.40. The van der Waals surface area contributed by atoms with E-state index in [1.807, 2.05) is 6.07 Å². The van der Waals surface area contributed by atoms with E-state index in [0.717, 1.165) is 11.4 Å². The number of aliphatic hydroxyl groups excluding tert-OH is 1. The highest BCUT2D eigenvalue weighted by molar-refractivity contribution is 5.83. The lowest BCUT2D eigenvalue weighted by molar-refractivity contribution is -0.143. The van der Waals surface area contributed by atoms with Crippen molar-refractivity contribution in [1.29, 1.82) is 0 Å². The first-order chi connectivity index (χ1) is 7.93. The van der Waals surface area contributed by atoms with E-state index in [4.69, 9.17) is 10.2 Å². The van der Waals surface area contributed by atoms with E-state index in [0.29, 0.717) is 0 Å². The first-order valence-electron chi connectivity index (χ1n) is 5.08. The van der Waals surface area contributed by atoms with Crippen LogP contribution in [-0.4, -0.2) is 44.5 Å². The van der Waals surface area contributed by atoms with Crippen LogP contribution in [0, 0.1) is 13.8 Å². The highest BCUT2D eigenvalue weighted by Gasteiger charge is 2.19. The standard InChI is InChI=1S/C10H15N3O4/c1-6-3-7(2)13(12-6)4-9(15)11-8(5-14)10(16)17/h3,8,14H,4-5H2,1-2H3,(H,11,15)(H,16,17)/t8-/m0/s1. The summed E-state index contributed by atoms with van der Waals surface area (Å²) in [5, 5.41) is 23.7. The quantitative estimate of drug-likeness (QED) is 0.617. The number of nitrogens with zero attached hydrogens (tertiary/aromatic N) is 2. The second-order valence-electron chi connectivity index (χ2n) is 3.73. The van der Waals surface area contributed by atoms with Crippen molar-refractivity contribution < 1.29 is 19.8 Å². The van der Waals surface area contributed by atoms with Crippen LogP contribution in [0.25, 0.3) is 0 Å². The van der Waals surface area contributed by atoms with Crippen LogP contribution in [0.2, 0.25) is 0 Å². The number of hydrogen-bond acceptors (Lipinski definition) is 4. The summed E-state index contributed by atoms with van der Waals surface area (Å²) in [5.41, 5.74) is 1.60. The van der Waals surface area contributed by atoms with Crippen LogP contribution < -0.4 is 5.32 Å². The molecule has 0 bridgehead atoms. The number of amides is 1. The largest absolute Gasteiger partial charge is 0.480 e. The molecule has 0 aromatic carbocycles. The molecule has 1 rings (SSSR count). The van der Waals surface area contributed by atoms with Gasteiger partial charge in [-0.2, -0.15) is 5.10 Å². The van der Waals surface area contributed by atoms with E-state index in [9.17, 15) is 9.59 Å². The third-order valence-corrected chi connectivity index (χ3v) is 2.21. The van der Waals surface area contributed by atoms with E-state index in [2.05, 4.69) is 10.4 Å². The van der Waals surface area contributed by atoms with E-state index in [-0.39, 0.29) is 6.54 Å². The number of aromatic nitrogens is 2. The highest BCUT2D eigenvalue weighted by Crippen LogP contribution is 2.01. The van der Waals surface area contributed by atoms with Gasteiger partial charge in [-0.05, 0) is 19.9 Å². The summed E-state index contributed by atoms with van der Waals surface area (Å²) in [7, 11) is 0. The predicted molar refractivity (Wildman–Crippen MR) is 58.4 cm³/mol. The Labute approximate surface area is 98.1 Å². The van der Waals surface area contributed by atoms with Gasteiger partial charge in [0.25, 0.3) is 0 Å². The topological polar surface area (TPSA) is 104 Å². The van der Waals surface area contributed by atoms with Crippen LogP contribution in [0.4, 0.5) is 0 Å². The van der Waals surface area contributed by atoms with E-state index >= 15 is 0 Å². The Morgan fingerprint density at radius 1 is 1.53 bits per heavy atom. The summed E-state index contributed by atoms with van der Waals surface area (Å²) in [5.74, 6) is -1.77. The minimum atomic E-state index is -1.28. The van der Waals surface area contributed by atoms with Crippen molar-refractivity contribution in [2.24, 2.45) is 0 Å². The number of aryl methyl sites for hydroxylation is 2. The van der Waals surface area contributed by atoms with Crippen molar-refractivity contribution in [3.8, 4) is 0 Å². The second kappa shape index (κ2) is 5.44. The maximum absolute atomic E-state index is 11.5. The molecule has 7 heteroatoms. The lowest BCUT2D eigenvalue weighted by atomic mass is 10.3. The average Bonchev–Trinajstić information content (AvgIpc) is 2.53. The molecule has 7 nitrogen and oxygen atoms in total. The fraction of sp³-hybridized carbons (Fsp3) is 0.500. The van der Waals surface area contributed by atoms with Gasteiger partial charge in [-0.1, -0.05) is 0 Å². The number of aliphatic hydroxyl groups is 1. The van der Waals surface area contributed by atoms with E-state index in [1.165, 1.54) is 4.68 Å². The lowest BCUT2D eigenvalue weighted by Crippen LogP contribution is -2.44. The normalized spacial score (nSPS) is 12.2. The Balaban J connectivity index is 2.61. The van der Waals surface area contributed by atoms with Crippen molar-refractivity contribution >= 4 is 11.9 Å². The number of rotatable bonds is 5. The molecule has 94 valence electrons. The van der Waals surface area contributed by atoms with E-state index in [1.54, 1.807) is 13.8 Å². The van der Waals surface area contributed by atoms with Gasteiger partial charge in [0.1, 0.15) is 12.6 Å². The maximum atomic E-state index is 11.5. The van der Waals surface area contributed by atoms with Gasteiger partial charge in [-0.15, -0.1) is 0 Å². The van der Waals surface area contributed by atoms with Crippen LogP contribution in [0.15, 0.2) is 6.07 Å². The van der Waals surface area contributed by atoms with Crippen LogP contribution in [0.1, 0.15) is 11.4 Å². The number of carbonyl (C=O) groups excluding carboxylic acids is 1. The Kier molecular flexibility index (Phi) is 4.22. The molecule has 0 fully saturated rings. The Morgan fingerprint density at radius 2 is 2.18 bits per heavy atom. The first kappa shape index (κ1) is 13.2. The average molecular weight is 241 g/mol. The van der Waals surface area contributed by atoms with Crippen molar-refractivity contribution in [3.63, 3.8) is 0 Å². The molecule has 1 heterocycles. The molecule has 1 aromatic rings. The van der Waals surface area contributed by atoms with Crippen LogP contribution >= 0.6 is 0 Å². The van der Waals surface area contributed by atoms with Gasteiger partial charge in [0.2, 0.25) is 5.91 Å². The fourth-order valence-electron chi connectivity index (χ4n) is 1.40. The Bertz CT molecular complexity index is 427. The van der Waals surface area contributed by atoms with Crippen LogP contribution in [0.3, 0.4) is 0 Å². The summed E-state index contributed by atoms with van der Waals surface area (Å²) in [6.07, 6.45) is 0. The Morgan fingerprint density at radius 3 is 2.59 bits per heavy atom. The number of carboxylic acids is 1. The number of carboxylic acid groups (broad SMARTS) is 1. The van der Waals surface area contributed by atoms with Gasteiger partial charge in [0, 0.05) is 5.69 Å². The molecule has 0 unspecified atom stereocenters. The van der Waals surface area contributed by atoms with Crippen molar-refractivity contribution in [2.45, 2.75) is 26.4 Å². The zero-order valence-corrected chi connectivity index (χ0v) is 9.67. The zero-order valence-electron chi connectivity index (χ0n) is 9.67. The molecule has 1 aromatic heterocycles. The minimum absolute atomic E-state index is 0.0660. The molecule has 0 aliphatic heterocycles. The molecule has 0 aliphatic rings. The van der Waals surface area contributed by atoms with Gasteiger partial charge in [0.05, 0.1) is 12.3 Å². The predicted octanol–water partition coefficient (Wildman–Crippen LogP) is -0.938. The summed E-state index contributed by atoms with van der Waals surface area (Å²) < 4.78 is 1.47. The summed E-state index contributed by atoms with van der Waals surface area (Å²) >= 11 is 0. The molecule has 17 heavy (non-hydrogen) atoms. The van der Waals surface area contributed by atoms with Gasteiger partial charge in [-0.3, -0.25) is 9.48 Å². The molecule has 1 amide bonds. The SMILES string of the molecule is Cc1cc(C)n(CC(=O)N[C@@H](CO)C(=O)O)n1. The molecule has 3 N–H and O–H groups in total. The number of aliphatic carboxylic acids is 1. The summed E-state index contributed by atoms with van der Waals surface area (Å²) in [4.78, 5) is 22.1. The second-order valence-corrected chi connectivity index (χ2v) is 3.73. The highest BCUT2D eigenvalue weighted by atomic mass is 16.4. The third-order valence-electron chi connectivity index (χ3n) is 2.21. The van der Waals surface area contributed by atoms with Gasteiger partial charge < -0.3 is 15.5 Å². The van der Waals surface area contributed by atoms with Gasteiger partial charge in [0.15, 0.2) is 0 Å². The summed E-state index contributed by atoms with van der Waals surface area (Å²) in [6.45, 7) is 2.89. The number of carbonyl (C=O) groups is 2. The van der Waals surface area contributed by atoms with E-state index < -0.39 is 24.5 Å². The monoisotopic (exact) mass is 241 g/mol. The van der Waals surface area contributed by atoms with Crippen molar-refractivity contribution in [2.75, 3.05) is 6.61 Å². The molecule has 0 saturated heterocycles. The van der Waals surface area contributed by atoms with Crippen LogP contribution in [-0.2, 0) is 16.1 Å². The molecule has 0 spiro atoms.